The van der Waals surface area contributed by atoms with Crippen LogP contribution >= 0.6 is 0 Å². The highest BCUT2D eigenvalue weighted by molar-refractivity contribution is 5.90. The van der Waals surface area contributed by atoms with Gasteiger partial charge in [0.25, 0.3) is 0 Å². The smallest absolute Gasteiger partial charge is 0.169 e. The lowest BCUT2D eigenvalue weighted by Crippen LogP contribution is -2.52. The van der Waals surface area contributed by atoms with Crippen LogP contribution in [-0.2, 0) is 9.53 Å². The van der Waals surface area contributed by atoms with Gasteiger partial charge in [0.2, 0.25) is 0 Å². The number of carbonyl (C=O) groups excluding carboxylic acids is 1. The quantitative estimate of drug-likeness (QED) is 0.759. The maximum Gasteiger partial charge on any atom is 0.169 e. The van der Waals surface area contributed by atoms with E-state index in [9.17, 15) is 4.79 Å². The first-order valence-electron chi connectivity index (χ1n) is 6.78. The van der Waals surface area contributed by atoms with Crippen molar-refractivity contribution < 1.29 is 19.0 Å². The zero-order valence-corrected chi connectivity index (χ0v) is 11.4. The standard InChI is InChI=1S/C15H20O4/c1-3-9-18-15-13(16)10-14(15)19-12-7-5-11(6-8-12)17-4-2/h5-8,14-15H,3-4,9-10H2,1-2H3. The molecule has 0 saturated heterocycles. The van der Waals surface area contributed by atoms with Crippen LogP contribution in [0, 0.1) is 0 Å². The maximum absolute atomic E-state index is 11.5. The fraction of sp³-hybridized carbons (Fsp3) is 0.533. The van der Waals surface area contributed by atoms with Gasteiger partial charge < -0.3 is 14.2 Å². The van der Waals surface area contributed by atoms with E-state index in [1.165, 1.54) is 0 Å². The number of hydrogen-bond acceptors (Lipinski definition) is 4. The largest absolute Gasteiger partial charge is 0.494 e. The Morgan fingerprint density at radius 3 is 2.42 bits per heavy atom. The number of hydrogen-bond donors (Lipinski definition) is 0. The first kappa shape index (κ1) is 13.9. The predicted molar refractivity (Wildman–Crippen MR) is 71.7 cm³/mol. The molecule has 1 aromatic rings. The third kappa shape index (κ3) is 3.47. The molecule has 4 heteroatoms. The third-order valence-corrected chi connectivity index (χ3v) is 2.98. The Kier molecular flexibility index (Phi) is 4.80. The summed E-state index contributed by atoms with van der Waals surface area (Å²) < 4.78 is 16.6. The van der Waals surface area contributed by atoms with E-state index in [-0.39, 0.29) is 11.9 Å². The van der Waals surface area contributed by atoms with Gasteiger partial charge >= 0.3 is 0 Å². The van der Waals surface area contributed by atoms with Gasteiger partial charge in [0.05, 0.1) is 6.61 Å². The van der Waals surface area contributed by atoms with Crippen LogP contribution in [0.1, 0.15) is 26.7 Å². The van der Waals surface area contributed by atoms with Crippen molar-refractivity contribution in [2.24, 2.45) is 0 Å². The van der Waals surface area contributed by atoms with Gasteiger partial charge in [-0.3, -0.25) is 4.79 Å². The van der Waals surface area contributed by atoms with E-state index in [4.69, 9.17) is 14.2 Å². The highest BCUT2D eigenvalue weighted by Gasteiger charge is 2.42. The second-order valence-electron chi connectivity index (χ2n) is 4.52. The molecule has 0 spiro atoms. The monoisotopic (exact) mass is 264 g/mol. The zero-order valence-electron chi connectivity index (χ0n) is 11.4. The van der Waals surface area contributed by atoms with Crippen LogP contribution in [0.2, 0.25) is 0 Å². The molecule has 2 rings (SSSR count). The molecule has 0 N–H and O–H groups in total. The topological polar surface area (TPSA) is 44.8 Å². The minimum Gasteiger partial charge on any atom is -0.494 e. The van der Waals surface area contributed by atoms with Gasteiger partial charge in [-0.15, -0.1) is 0 Å². The van der Waals surface area contributed by atoms with Crippen molar-refractivity contribution in [2.75, 3.05) is 13.2 Å². The summed E-state index contributed by atoms with van der Waals surface area (Å²) >= 11 is 0. The van der Waals surface area contributed by atoms with Crippen molar-refractivity contribution in [3.05, 3.63) is 24.3 Å². The molecule has 2 unspecified atom stereocenters. The average molecular weight is 264 g/mol. The first-order valence-corrected chi connectivity index (χ1v) is 6.78. The lowest BCUT2D eigenvalue weighted by molar-refractivity contribution is -0.154. The molecule has 0 amide bonds. The van der Waals surface area contributed by atoms with Gasteiger partial charge in [-0.25, -0.2) is 0 Å². The predicted octanol–water partition coefficient (Wildman–Crippen LogP) is 2.60. The molecule has 0 radical (unpaired) electrons. The van der Waals surface area contributed by atoms with Crippen molar-refractivity contribution in [3.63, 3.8) is 0 Å². The Bertz CT molecular complexity index is 413. The molecule has 0 bridgehead atoms. The lowest BCUT2D eigenvalue weighted by Gasteiger charge is -2.34. The number of carbonyl (C=O) groups is 1. The minimum atomic E-state index is -0.397. The summed E-state index contributed by atoms with van der Waals surface area (Å²) in [6, 6.07) is 7.43. The molecule has 0 heterocycles. The van der Waals surface area contributed by atoms with Gasteiger partial charge in [0.15, 0.2) is 11.9 Å². The van der Waals surface area contributed by atoms with Gasteiger partial charge in [0, 0.05) is 13.0 Å². The van der Waals surface area contributed by atoms with E-state index in [1.807, 2.05) is 38.1 Å². The Morgan fingerprint density at radius 2 is 1.84 bits per heavy atom. The number of ketones is 1. The summed E-state index contributed by atoms with van der Waals surface area (Å²) in [5.74, 6) is 1.69. The van der Waals surface area contributed by atoms with E-state index in [2.05, 4.69) is 0 Å². The SMILES string of the molecule is CCCOC1C(=O)CC1Oc1ccc(OCC)cc1. The third-order valence-electron chi connectivity index (χ3n) is 2.98. The Morgan fingerprint density at radius 1 is 1.16 bits per heavy atom. The van der Waals surface area contributed by atoms with Gasteiger partial charge in [0.1, 0.15) is 17.6 Å². The van der Waals surface area contributed by atoms with E-state index in [0.29, 0.717) is 19.6 Å². The molecule has 0 aromatic heterocycles. The highest BCUT2D eigenvalue weighted by Crippen LogP contribution is 2.27. The molecule has 1 saturated carbocycles. The molecule has 4 nitrogen and oxygen atoms in total. The Hall–Kier alpha value is -1.55. The zero-order chi connectivity index (χ0) is 13.7. The van der Waals surface area contributed by atoms with Gasteiger partial charge in [-0.1, -0.05) is 6.92 Å². The van der Waals surface area contributed by atoms with Crippen LogP contribution in [0.5, 0.6) is 11.5 Å². The van der Waals surface area contributed by atoms with Crippen LogP contribution in [0.15, 0.2) is 24.3 Å². The number of benzene rings is 1. The summed E-state index contributed by atoms with van der Waals surface area (Å²) in [7, 11) is 0. The lowest BCUT2D eigenvalue weighted by atomic mass is 9.90. The normalized spacial score (nSPS) is 21.9. The molecule has 1 aliphatic rings. The molecule has 0 aliphatic heterocycles. The summed E-state index contributed by atoms with van der Waals surface area (Å²) in [4.78, 5) is 11.5. The Balaban J connectivity index is 1.88. The minimum absolute atomic E-state index is 0.129. The molecule has 104 valence electrons. The van der Waals surface area contributed by atoms with Crippen molar-refractivity contribution in [1.29, 1.82) is 0 Å². The molecule has 2 atom stereocenters. The molecule has 1 fully saturated rings. The first-order chi connectivity index (χ1) is 9.24. The molecule has 1 aromatic carbocycles. The van der Waals surface area contributed by atoms with Crippen molar-refractivity contribution >= 4 is 5.78 Å². The second kappa shape index (κ2) is 6.57. The average Bonchev–Trinajstić information content (AvgIpc) is 2.41. The number of Topliss-reactive ketones (excluding diaryl/α,β-unsaturated/α-hetero) is 1. The Labute approximate surface area is 113 Å². The van der Waals surface area contributed by atoms with Gasteiger partial charge in [-0.05, 0) is 37.6 Å². The fourth-order valence-electron chi connectivity index (χ4n) is 1.97. The fourth-order valence-corrected chi connectivity index (χ4v) is 1.97. The van der Waals surface area contributed by atoms with E-state index >= 15 is 0 Å². The summed E-state index contributed by atoms with van der Waals surface area (Å²) in [6.45, 7) is 5.20. The van der Waals surface area contributed by atoms with Crippen LogP contribution in [0.25, 0.3) is 0 Å². The number of ether oxygens (including phenoxy) is 3. The van der Waals surface area contributed by atoms with E-state index in [0.717, 1.165) is 17.9 Å². The van der Waals surface area contributed by atoms with Crippen molar-refractivity contribution in [1.82, 2.24) is 0 Å². The molecule has 19 heavy (non-hydrogen) atoms. The summed E-state index contributed by atoms with van der Waals surface area (Å²) in [5, 5.41) is 0. The highest BCUT2D eigenvalue weighted by atomic mass is 16.5. The number of rotatable bonds is 7. The van der Waals surface area contributed by atoms with Crippen LogP contribution in [0.4, 0.5) is 0 Å². The van der Waals surface area contributed by atoms with Crippen LogP contribution in [0.3, 0.4) is 0 Å². The summed E-state index contributed by atoms with van der Waals surface area (Å²) in [6.07, 6.45) is 0.782. The maximum atomic E-state index is 11.5. The van der Waals surface area contributed by atoms with Crippen LogP contribution in [-0.4, -0.2) is 31.2 Å². The van der Waals surface area contributed by atoms with Crippen molar-refractivity contribution in [2.45, 2.75) is 38.9 Å². The van der Waals surface area contributed by atoms with Gasteiger partial charge in [-0.2, -0.15) is 0 Å². The molecular formula is C15H20O4. The molecular weight excluding hydrogens is 244 g/mol. The summed E-state index contributed by atoms with van der Waals surface area (Å²) in [5.41, 5.74) is 0. The van der Waals surface area contributed by atoms with Crippen LogP contribution < -0.4 is 9.47 Å². The van der Waals surface area contributed by atoms with E-state index < -0.39 is 6.10 Å². The molecule has 1 aliphatic carbocycles. The second-order valence-corrected chi connectivity index (χ2v) is 4.52. The van der Waals surface area contributed by atoms with Crippen molar-refractivity contribution in [3.8, 4) is 11.5 Å². The van der Waals surface area contributed by atoms with E-state index in [1.54, 1.807) is 0 Å².